The molecule has 0 fully saturated rings. The molecule has 0 radical (unpaired) electrons. The van der Waals surface area contributed by atoms with Gasteiger partial charge in [-0.15, -0.1) is 0 Å². The molecule has 0 aliphatic rings. The molecule has 3 rings (SSSR count). The fourth-order valence-electron chi connectivity index (χ4n) is 4.96. The van der Waals surface area contributed by atoms with E-state index in [0.717, 1.165) is 45.9 Å². The van der Waals surface area contributed by atoms with Crippen LogP contribution in [0.3, 0.4) is 0 Å². The van der Waals surface area contributed by atoms with Gasteiger partial charge in [-0.3, -0.25) is 14.5 Å². The fraction of sp³-hybridized carbons (Fsp3) is 0.438. The van der Waals surface area contributed by atoms with E-state index >= 15 is 0 Å². The Kier molecular flexibility index (Phi) is 9.89. The first kappa shape index (κ1) is 31.7. The number of hydrogen-bond donors (Lipinski definition) is 3. The summed E-state index contributed by atoms with van der Waals surface area (Å²) >= 11 is 0. The lowest BCUT2D eigenvalue weighted by atomic mass is 9.84. The normalized spacial score (nSPS) is 12.3. The Balaban J connectivity index is 1.94. The van der Waals surface area contributed by atoms with E-state index in [0.29, 0.717) is 29.4 Å². The third-order valence-electron chi connectivity index (χ3n) is 7.13. The average molecular weight is 562 g/mol. The molecule has 222 valence electrons. The molecule has 0 aliphatic heterocycles. The minimum absolute atomic E-state index is 0.187. The first-order valence-electron chi connectivity index (χ1n) is 13.9. The Hall–Kier alpha value is -3.82. The van der Waals surface area contributed by atoms with Gasteiger partial charge in [0.25, 0.3) is 5.91 Å². The Morgan fingerprint density at radius 2 is 1.88 bits per heavy atom. The van der Waals surface area contributed by atoms with Gasteiger partial charge in [0.2, 0.25) is 0 Å². The fourth-order valence-corrected chi connectivity index (χ4v) is 4.96. The van der Waals surface area contributed by atoms with Crippen LogP contribution in [-0.4, -0.2) is 41.3 Å². The van der Waals surface area contributed by atoms with E-state index < -0.39 is 0 Å². The van der Waals surface area contributed by atoms with Gasteiger partial charge in [0.1, 0.15) is 5.75 Å². The molecule has 0 saturated carbocycles. The van der Waals surface area contributed by atoms with E-state index in [2.05, 4.69) is 57.0 Å². The molecule has 2 aromatic carbocycles. The van der Waals surface area contributed by atoms with Crippen molar-refractivity contribution in [3.05, 3.63) is 76.2 Å². The monoisotopic (exact) mass is 561 g/mol. The molecular weight excluding hydrogens is 514 g/mol. The van der Waals surface area contributed by atoms with E-state index in [1.54, 1.807) is 36.3 Å². The summed E-state index contributed by atoms with van der Waals surface area (Å²) in [6.45, 7) is 16.4. The lowest BCUT2D eigenvalue weighted by Gasteiger charge is -2.27. The van der Waals surface area contributed by atoms with Crippen LogP contribution in [0.2, 0.25) is 0 Å². The van der Waals surface area contributed by atoms with Gasteiger partial charge in [-0.1, -0.05) is 40.7 Å². The van der Waals surface area contributed by atoms with Gasteiger partial charge in [0, 0.05) is 60.0 Å². The smallest absolute Gasteiger partial charge is 0.255 e. The van der Waals surface area contributed by atoms with Crippen molar-refractivity contribution in [2.45, 2.75) is 60.4 Å². The van der Waals surface area contributed by atoms with Crippen LogP contribution in [-0.2, 0) is 19.0 Å². The molecule has 1 aromatic heterocycles. The Morgan fingerprint density at radius 3 is 2.44 bits per heavy atom. The average Bonchev–Trinajstić information content (AvgIpc) is 3.20. The Morgan fingerprint density at radius 1 is 1.20 bits per heavy atom. The third-order valence-corrected chi connectivity index (χ3v) is 7.13. The topological polar surface area (TPSA) is 115 Å². The van der Waals surface area contributed by atoms with Crippen LogP contribution in [0.4, 0.5) is 11.4 Å². The number of hydrogen-bond acceptors (Lipinski definition) is 7. The summed E-state index contributed by atoms with van der Waals surface area (Å²) < 4.78 is 7.66. The highest BCUT2D eigenvalue weighted by Gasteiger charge is 2.24. The van der Waals surface area contributed by atoms with Crippen LogP contribution < -0.4 is 26.6 Å². The van der Waals surface area contributed by atoms with Crippen LogP contribution >= 0.6 is 0 Å². The second kappa shape index (κ2) is 12.8. The predicted octanol–water partition coefficient (Wildman–Crippen LogP) is 5.32. The SMILES string of the molecule is COc1c(CN(C)CC(C)C)cc(NC(=O)c2ccc(C)c(N(N)/C=C(\N)c3cnn(C)c3C)c2)cc1C(C)(C)C. The van der Waals surface area contributed by atoms with Crippen LogP contribution in [0.15, 0.2) is 42.7 Å². The van der Waals surface area contributed by atoms with Gasteiger partial charge < -0.3 is 20.7 Å². The second-order valence-electron chi connectivity index (χ2n) is 12.3. The summed E-state index contributed by atoms with van der Waals surface area (Å²) in [7, 11) is 5.67. The predicted molar refractivity (Wildman–Crippen MR) is 169 cm³/mol. The molecule has 0 aliphatic carbocycles. The minimum Gasteiger partial charge on any atom is -0.496 e. The molecule has 9 heteroatoms. The largest absolute Gasteiger partial charge is 0.496 e. The van der Waals surface area contributed by atoms with Crippen LogP contribution in [0.25, 0.3) is 5.70 Å². The number of aromatic nitrogens is 2. The highest BCUT2D eigenvalue weighted by Crippen LogP contribution is 2.37. The number of nitrogens with one attached hydrogen (secondary N) is 1. The summed E-state index contributed by atoms with van der Waals surface area (Å²) in [4.78, 5) is 15.8. The number of carbonyl (C=O) groups excluding carboxylic acids is 1. The summed E-state index contributed by atoms with van der Waals surface area (Å²) in [5.41, 5.74) is 13.2. The van der Waals surface area contributed by atoms with Gasteiger partial charge in [-0.05, 0) is 62.1 Å². The van der Waals surface area contributed by atoms with E-state index in [9.17, 15) is 4.79 Å². The molecule has 5 N–H and O–H groups in total. The molecule has 41 heavy (non-hydrogen) atoms. The number of carbonyl (C=O) groups is 1. The number of aryl methyl sites for hydroxylation is 2. The van der Waals surface area contributed by atoms with Crippen molar-refractivity contribution in [2.24, 2.45) is 24.5 Å². The Bertz CT molecular complexity index is 1420. The molecular formula is C32H47N7O2. The molecule has 0 saturated heterocycles. The molecule has 0 atom stereocenters. The highest BCUT2D eigenvalue weighted by molar-refractivity contribution is 6.05. The number of hydrazine groups is 1. The van der Waals surface area contributed by atoms with Crippen molar-refractivity contribution in [3.8, 4) is 5.75 Å². The van der Waals surface area contributed by atoms with Gasteiger partial charge in [-0.2, -0.15) is 5.10 Å². The van der Waals surface area contributed by atoms with E-state index in [1.807, 2.05) is 39.1 Å². The molecule has 3 aromatic rings. The van der Waals surface area contributed by atoms with Crippen molar-refractivity contribution >= 4 is 23.0 Å². The second-order valence-corrected chi connectivity index (χ2v) is 12.3. The van der Waals surface area contributed by atoms with Crippen LogP contribution in [0.5, 0.6) is 5.75 Å². The number of ether oxygens (including phenoxy) is 1. The third kappa shape index (κ3) is 7.68. The molecule has 1 amide bonds. The zero-order valence-electron chi connectivity index (χ0n) is 26.3. The number of nitrogens with zero attached hydrogens (tertiary/aromatic N) is 4. The molecule has 9 nitrogen and oxygen atoms in total. The highest BCUT2D eigenvalue weighted by atomic mass is 16.5. The molecule has 1 heterocycles. The van der Waals surface area contributed by atoms with Crippen LogP contribution in [0, 0.1) is 19.8 Å². The van der Waals surface area contributed by atoms with E-state index in [4.69, 9.17) is 16.3 Å². The van der Waals surface area contributed by atoms with Gasteiger partial charge in [0.05, 0.1) is 24.7 Å². The van der Waals surface area contributed by atoms with Crippen molar-refractivity contribution in [1.82, 2.24) is 14.7 Å². The van der Waals surface area contributed by atoms with Crippen molar-refractivity contribution in [2.75, 3.05) is 31.0 Å². The first-order valence-corrected chi connectivity index (χ1v) is 13.9. The van der Waals surface area contributed by atoms with E-state index in [-0.39, 0.29) is 11.3 Å². The first-order chi connectivity index (χ1) is 19.1. The summed E-state index contributed by atoms with van der Waals surface area (Å²) in [6, 6.07) is 9.46. The number of benzene rings is 2. The molecule has 0 unspecified atom stereocenters. The number of methoxy groups -OCH3 is 1. The zero-order chi connectivity index (χ0) is 30.6. The number of nitrogens with two attached hydrogens (primary N) is 2. The van der Waals surface area contributed by atoms with E-state index in [1.165, 1.54) is 5.01 Å². The van der Waals surface area contributed by atoms with Crippen molar-refractivity contribution in [3.63, 3.8) is 0 Å². The summed E-state index contributed by atoms with van der Waals surface area (Å²) in [5.74, 6) is 7.57. The van der Waals surface area contributed by atoms with Gasteiger partial charge in [0.15, 0.2) is 0 Å². The Labute approximate surface area is 245 Å². The number of anilines is 2. The lowest BCUT2D eigenvalue weighted by Crippen LogP contribution is -2.27. The molecule has 0 bridgehead atoms. The van der Waals surface area contributed by atoms with Gasteiger partial charge >= 0.3 is 0 Å². The standard InChI is InChI=1S/C32H47N7O2/c1-20(2)17-37(8)18-24-13-25(15-27(30(24)41-10)32(5,6)7)36-31(40)23-12-11-21(3)29(14-23)39(34)19-28(33)26-16-35-38(9)22(26)4/h11-16,19-20H,17-18,33-34H2,1-10H3,(H,36,40)/b28-19-. The number of amides is 1. The summed E-state index contributed by atoms with van der Waals surface area (Å²) in [5, 5.41) is 8.81. The quantitative estimate of drug-likeness (QED) is 0.227. The van der Waals surface area contributed by atoms with Crippen molar-refractivity contribution in [1.29, 1.82) is 0 Å². The van der Waals surface area contributed by atoms with Gasteiger partial charge in [-0.25, -0.2) is 5.84 Å². The maximum atomic E-state index is 13.5. The maximum absolute atomic E-state index is 13.5. The lowest BCUT2D eigenvalue weighted by molar-refractivity contribution is 0.102. The molecule has 0 spiro atoms. The van der Waals surface area contributed by atoms with Crippen LogP contribution in [0.1, 0.15) is 72.9 Å². The zero-order valence-corrected chi connectivity index (χ0v) is 26.3. The minimum atomic E-state index is -0.230. The maximum Gasteiger partial charge on any atom is 0.255 e. The summed E-state index contributed by atoms with van der Waals surface area (Å²) in [6.07, 6.45) is 3.36. The van der Waals surface area contributed by atoms with Crippen molar-refractivity contribution < 1.29 is 9.53 Å². The number of rotatable bonds is 10.